The smallest absolute Gasteiger partial charge is 0.190 e. The van der Waals surface area contributed by atoms with Gasteiger partial charge in [0, 0.05) is 66.1 Å². The van der Waals surface area contributed by atoms with E-state index in [1.54, 1.807) is 7.11 Å². The van der Waals surface area contributed by atoms with E-state index in [4.69, 9.17) is 4.74 Å². The van der Waals surface area contributed by atoms with Crippen molar-refractivity contribution in [2.45, 2.75) is 38.1 Å². The van der Waals surface area contributed by atoms with Crippen LogP contribution in [0.15, 0.2) is 35.3 Å². The number of rotatable bonds is 10. The standard InChI is InChI=1S/C24H41N5O.HI/c1-25-23(27-20-24(11-7-12-24)13-18-30-3)26-14-8-15-29-17-16-28(2)19-22(29)21-9-5-4-6-10-21;/h4-6,9-10,22H,7-8,11-20H2,1-3H3,(H2,25,26,27);1H. The Bertz CT molecular complexity index is 653. The molecule has 1 atom stereocenters. The Labute approximate surface area is 206 Å². The molecule has 1 saturated carbocycles. The maximum atomic E-state index is 5.31. The van der Waals surface area contributed by atoms with Crippen molar-refractivity contribution in [3.8, 4) is 0 Å². The molecule has 3 rings (SSSR count). The van der Waals surface area contributed by atoms with E-state index in [9.17, 15) is 0 Å². The fourth-order valence-corrected chi connectivity index (χ4v) is 4.71. The zero-order chi connectivity index (χ0) is 21.2. The molecule has 2 aliphatic rings. The van der Waals surface area contributed by atoms with Crippen LogP contribution in [0, 0.1) is 5.41 Å². The van der Waals surface area contributed by atoms with Gasteiger partial charge in [-0.15, -0.1) is 24.0 Å². The zero-order valence-electron chi connectivity index (χ0n) is 19.6. The lowest BCUT2D eigenvalue weighted by atomic mass is 9.67. The molecule has 0 bridgehead atoms. The molecule has 2 N–H and O–H groups in total. The molecular weight excluding hydrogens is 501 g/mol. The summed E-state index contributed by atoms with van der Waals surface area (Å²) in [6, 6.07) is 11.4. The van der Waals surface area contributed by atoms with Crippen molar-refractivity contribution in [2.24, 2.45) is 10.4 Å². The first-order valence-electron chi connectivity index (χ1n) is 11.6. The normalized spacial score (nSPS) is 21.8. The largest absolute Gasteiger partial charge is 0.385 e. The summed E-state index contributed by atoms with van der Waals surface area (Å²) in [5.41, 5.74) is 1.83. The van der Waals surface area contributed by atoms with Crippen molar-refractivity contribution in [3.05, 3.63) is 35.9 Å². The van der Waals surface area contributed by atoms with Crippen LogP contribution in [0.3, 0.4) is 0 Å². The minimum Gasteiger partial charge on any atom is -0.385 e. The maximum Gasteiger partial charge on any atom is 0.190 e. The molecule has 0 radical (unpaired) electrons. The summed E-state index contributed by atoms with van der Waals surface area (Å²) in [7, 11) is 5.89. The lowest BCUT2D eigenvalue weighted by Gasteiger charge is -2.42. The number of aliphatic imine (C=N–C) groups is 1. The van der Waals surface area contributed by atoms with E-state index >= 15 is 0 Å². The molecule has 6 nitrogen and oxygen atoms in total. The summed E-state index contributed by atoms with van der Waals surface area (Å²) in [5, 5.41) is 7.08. The number of hydrogen-bond acceptors (Lipinski definition) is 4. The number of ether oxygens (including phenoxy) is 1. The predicted octanol–water partition coefficient (Wildman–Crippen LogP) is 3.36. The molecular formula is C24H42IN5O. The minimum atomic E-state index is 0. The Morgan fingerprint density at radius 1 is 1.19 bits per heavy atom. The molecule has 1 aromatic rings. The summed E-state index contributed by atoms with van der Waals surface area (Å²) in [6.45, 7) is 7.26. The number of nitrogens with zero attached hydrogens (tertiary/aromatic N) is 3. The molecule has 0 amide bonds. The van der Waals surface area contributed by atoms with Crippen LogP contribution in [0.4, 0.5) is 0 Å². The van der Waals surface area contributed by atoms with Crippen LogP contribution in [0.2, 0.25) is 0 Å². The van der Waals surface area contributed by atoms with Crippen LogP contribution in [-0.4, -0.2) is 82.8 Å². The number of likely N-dealkylation sites (N-methyl/N-ethyl adjacent to an activating group) is 1. The highest BCUT2D eigenvalue weighted by Crippen LogP contribution is 2.43. The van der Waals surface area contributed by atoms with Crippen molar-refractivity contribution in [2.75, 3.05) is 67.1 Å². The molecule has 0 spiro atoms. The van der Waals surface area contributed by atoms with Gasteiger partial charge in [-0.2, -0.15) is 0 Å². The molecule has 1 heterocycles. The van der Waals surface area contributed by atoms with Crippen molar-refractivity contribution >= 4 is 29.9 Å². The summed E-state index contributed by atoms with van der Waals surface area (Å²) < 4.78 is 5.31. The fourth-order valence-electron chi connectivity index (χ4n) is 4.71. The highest BCUT2D eigenvalue weighted by molar-refractivity contribution is 14.0. The number of benzene rings is 1. The van der Waals surface area contributed by atoms with Gasteiger partial charge in [-0.05, 0) is 43.7 Å². The summed E-state index contributed by atoms with van der Waals surface area (Å²) in [4.78, 5) is 9.51. The van der Waals surface area contributed by atoms with Gasteiger partial charge in [0.15, 0.2) is 5.96 Å². The SMILES string of the molecule is CN=C(NCCCN1CCN(C)CC1c1ccccc1)NCC1(CCOC)CCC1.I. The van der Waals surface area contributed by atoms with Gasteiger partial charge in [0.05, 0.1) is 0 Å². The molecule has 7 heteroatoms. The first-order valence-corrected chi connectivity index (χ1v) is 11.6. The van der Waals surface area contributed by atoms with Gasteiger partial charge in [-0.25, -0.2) is 0 Å². The monoisotopic (exact) mass is 543 g/mol. The topological polar surface area (TPSA) is 52.1 Å². The molecule has 2 fully saturated rings. The van der Waals surface area contributed by atoms with Gasteiger partial charge in [-0.3, -0.25) is 9.89 Å². The Hall–Kier alpha value is -0.900. The van der Waals surface area contributed by atoms with Crippen molar-refractivity contribution in [1.29, 1.82) is 0 Å². The van der Waals surface area contributed by atoms with Crippen LogP contribution in [0.5, 0.6) is 0 Å². The van der Waals surface area contributed by atoms with E-state index in [0.717, 1.165) is 64.7 Å². The van der Waals surface area contributed by atoms with Crippen LogP contribution in [-0.2, 0) is 4.74 Å². The number of piperazine rings is 1. The summed E-state index contributed by atoms with van der Waals surface area (Å²) in [5.74, 6) is 0.927. The van der Waals surface area contributed by atoms with Crippen molar-refractivity contribution in [3.63, 3.8) is 0 Å². The van der Waals surface area contributed by atoms with E-state index in [0.29, 0.717) is 11.5 Å². The maximum absolute atomic E-state index is 5.31. The predicted molar refractivity (Wildman–Crippen MR) is 140 cm³/mol. The average Bonchev–Trinajstić information content (AvgIpc) is 2.75. The highest BCUT2D eigenvalue weighted by Gasteiger charge is 2.36. The third kappa shape index (κ3) is 7.87. The van der Waals surface area contributed by atoms with Gasteiger partial charge in [0.25, 0.3) is 0 Å². The third-order valence-corrected chi connectivity index (χ3v) is 6.90. The van der Waals surface area contributed by atoms with E-state index in [2.05, 4.69) is 62.8 Å². The highest BCUT2D eigenvalue weighted by atomic mass is 127. The summed E-state index contributed by atoms with van der Waals surface area (Å²) >= 11 is 0. The average molecular weight is 544 g/mol. The quantitative estimate of drug-likeness (QED) is 0.205. The van der Waals surface area contributed by atoms with Gasteiger partial charge in [-0.1, -0.05) is 36.8 Å². The molecule has 176 valence electrons. The number of halogens is 1. The van der Waals surface area contributed by atoms with Crippen LogP contribution in [0.25, 0.3) is 0 Å². The van der Waals surface area contributed by atoms with Crippen LogP contribution in [0.1, 0.15) is 43.7 Å². The molecule has 1 unspecified atom stereocenters. The number of hydrogen-bond donors (Lipinski definition) is 2. The van der Waals surface area contributed by atoms with E-state index < -0.39 is 0 Å². The number of methoxy groups -OCH3 is 1. The van der Waals surface area contributed by atoms with Gasteiger partial charge >= 0.3 is 0 Å². The minimum absolute atomic E-state index is 0. The fraction of sp³-hybridized carbons (Fsp3) is 0.708. The Morgan fingerprint density at radius 2 is 1.97 bits per heavy atom. The second-order valence-electron chi connectivity index (χ2n) is 9.03. The van der Waals surface area contributed by atoms with Crippen molar-refractivity contribution < 1.29 is 4.74 Å². The van der Waals surface area contributed by atoms with Gasteiger partial charge in [0.2, 0.25) is 0 Å². The molecule has 0 aromatic heterocycles. The zero-order valence-corrected chi connectivity index (χ0v) is 21.9. The van der Waals surface area contributed by atoms with Gasteiger partial charge < -0.3 is 20.3 Å². The van der Waals surface area contributed by atoms with Crippen molar-refractivity contribution in [1.82, 2.24) is 20.4 Å². The number of guanidine groups is 1. The van der Waals surface area contributed by atoms with Crippen LogP contribution < -0.4 is 10.6 Å². The molecule has 1 aliphatic carbocycles. The summed E-state index contributed by atoms with van der Waals surface area (Å²) in [6.07, 6.45) is 6.18. The van der Waals surface area contributed by atoms with E-state index in [1.807, 2.05) is 7.05 Å². The lowest BCUT2D eigenvalue weighted by Crippen LogP contribution is -2.48. The molecule has 1 saturated heterocycles. The Balaban J connectivity index is 0.00000341. The Morgan fingerprint density at radius 3 is 2.61 bits per heavy atom. The number of nitrogens with one attached hydrogen (secondary N) is 2. The Kier molecular flexibility index (Phi) is 11.6. The lowest BCUT2D eigenvalue weighted by molar-refractivity contribution is 0.0732. The van der Waals surface area contributed by atoms with E-state index in [-0.39, 0.29) is 24.0 Å². The second-order valence-corrected chi connectivity index (χ2v) is 9.03. The van der Waals surface area contributed by atoms with Crippen LogP contribution >= 0.6 is 24.0 Å². The molecule has 1 aromatic carbocycles. The third-order valence-electron chi connectivity index (χ3n) is 6.90. The molecule has 1 aliphatic heterocycles. The van der Waals surface area contributed by atoms with Gasteiger partial charge in [0.1, 0.15) is 0 Å². The van der Waals surface area contributed by atoms with E-state index in [1.165, 1.54) is 24.8 Å². The second kappa shape index (κ2) is 13.6. The molecule has 31 heavy (non-hydrogen) atoms. The first kappa shape index (κ1) is 26.4. The first-order chi connectivity index (χ1) is 14.7.